The maximum absolute atomic E-state index is 13.5. The third-order valence-electron chi connectivity index (χ3n) is 4.52. The molecular weight excluding hydrogens is 321 g/mol. The third kappa shape index (κ3) is 3.78. The van der Waals surface area contributed by atoms with E-state index in [-0.39, 0.29) is 18.0 Å². The van der Waals surface area contributed by atoms with Crippen LogP contribution in [0.15, 0.2) is 18.2 Å². The van der Waals surface area contributed by atoms with E-state index in [1.807, 2.05) is 20.8 Å². The number of fused-ring (bicyclic) bond motifs is 1. The zero-order valence-electron chi connectivity index (χ0n) is 15.4. The van der Waals surface area contributed by atoms with Crippen LogP contribution in [0.5, 0.6) is 0 Å². The zero-order chi connectivity index (χ0) is 18.2. The van der Waals surface area contributed by atoms with Gasteiger partial charge in [-0.05, 0) is 45.7 Å². The topological polar surface area (TPSA) is 47.4 Å². The standard InChI is InChI=1S/C19H26FN3O2/c1-5-17-21-15-12-13(20)6-7-16(15)23(17)14-8-10-22(11-9-14)18(24)25-19(2,3)4/h6-7,12,14H,5,8-11H2,1-4H3. The zero-order valence-corrected chi connectivity index (χ0v) is 15.4. The van der Waals surface area contributed by atoms with Crippen LogP contribution in [0.4, 0.5) is 9.18 Å². The number of carbonyl (C=O) groups is 1. The number of halogens is 1. The van der Waals surface area contributed by atoms with Crippen LogP contribution in [0, 0.1) is 5.82 Å². The van der Waals surface area contributed by atoms with E-state index in [1.165, 1.54) is 12.1 Å². The summed E-state index contributed by atoms with van der Waals surface area (Å²) in [6.45, 7) is 9.00. The summed E-state index contributed by atoms with van der Waals surface area (Å²) in [5.74, 6) is 0.705. The fourth-order valence-electron chi connectivity index (χ4n) is 3.41. The lowest BCUT2D eigenvalue weighted by Gasteiger charge is -2.34. The molecule has 0 saturated carbocycles. The van der Waals surface area contributed by atoms with Gasteiger partial charge in [-0.3, -0.25) is 0 Å². The second-order valence-electron chi connectivity index (χ2n) is 7.58. The first-order valence-corrected chi connectivity index (χ1v) is 8.93. The van der Waals surface area contributed by atoms with E-state index in [4.69, 9.17) is 4.74 Å². The molecule has 0 unspecified atom stereocenters. The summed E-state index contributed by atoms with van der Waals surface area (Å²) < 4.78 is 21.2. The maximum atomic E-state index is 13.5. The molecule has 6 heteroatoms. The molecular formula is C19H26FN3O2. The summed E-state index contributed by atoms with van der Waals surface area (Å²) in [5, 5.41) is 0. The fourth-order valence-corrected chi connectivity index (χ4v) is 3.41. The van der Waals surface area contributed by atoms with Crippen molar-refractivity contribution in [1.29, 1.82) is 0 Å². The summed E-state index contributed by atoms with van der Waals surface area (Å²) in [6, 6.07) is 5.04. The molecule has 1 saturated heterocycles. The highest BCUT2D eigenvalue weighted by molar-refractivity contribution is 5.76. The third-order valence-corrected chi connectivity index (χ3v) is 4.52. The Hall–Kier alpha value is -2.11. The molecule has 1 aromatic heterocycles. The average Bonchev–Trinajstić information content (AvgIpc) is 2.91. The minimum Gasteiger partial charge on any atom is -0.444 e. The van der Waals surface area contributed by atoms with E-state index in [9.17, 15) is 9.18 Å². The van der Waals surface area contributed by atoms with Crippen molar-refractivity contribution in [3.8, 4) is 0 Å². The van der Waals surface area contributed by atoms with Gasteiger partial charge < -0.3 is 14.2 Å². The highest BCUT2D eigenvalue weighted by atomic mass is 19.1. The Balaban J connectivity index is 1.77. The molecule has 1 amide bonds. The number of hydrogen-bond acceptors (Lipinski definition) is 3. The monoisotopic (exact) mass is 347 g/mol. The van der Waals surface area contributed by atoms with E-state index in [0.29, 0.717) is 18.6 Å². The summed E-state index contributed by atoms with van der Waals surface area (Å²) >= 11 is 0. The van der Waals surface area contributed by atoms with Gasteiger partial charge in [-0.2, -0.15) is 0 Å². The van der Waals surface area contributed by atoms with Gasteiger partial charge in [-0.1, -0.05) is 6.92 Å². The van der Waals surface area contributed by atoms with Crippen LogP contribution in [-0.2, 0) is 11.2 Å². The van der Waals surface area contributed by atoms with E-state index in [0.717, 1.165) is 30.6 Å². The van der Waals surface area contributed by atoms with Crippen molar-refractivity contribution in [2.24, 2.45) is 0 Å². The number of amides is 1. The molecule has 136 valence electrons. The summed E-state index contributed by atoms with van der Waals surface area (Å²) in [7, 11) is 0. The van der Waals surface area contributed by atoms with Crippen molar-refractivity contribution in [3.63, 3.8) is 0 Å². The Bertz CT molecular complexity index is 771. The van der Waals surface area contributed by atoms with Crippen molar-refractivity contribution in [2.75, 3.05) is 13.1 Å². The fraction of sp³-hybridized carbons (Fsp3) is 0.579. The van der Waals surface area contributed by atoms with Crippen LogP contribution in [-0.4, -0.2) is 39.2 Å². The Morgan fingerprint density at radius 3 is 2.60 bits per heavy atom. The van der Waals surface area contributed by atoms with Gasteiger partial charge in [-0.25, -0.2) is 14.2 Å². The van der Waals surface area contributed by atoms with E-state index >= 15 is 0 Å². The molecule has 0 atom stereocenters. The number of carbonyl (C=O) groups excluding carboxylic acids is 1. The maximum Gasteiger partial charge on any atom is 0.410 e. The number of imidazole rings is 1. The second kappa shape index (κ2) is 6.65. The summed E-state index contributed by atoms with van der Waals surface area (Å²) in [4.78, 5) is 18.6. The normalized spacial score (nSPS) is 16.4. The number of nitrogens with zero attached hydrogens (tertiary/aromatic N) is 3. The van der Waals surface area contributed by atoms with Crippen molar-refractivity contribution in [2.45, 2.75) is 58.6 Å². The van der Waals surface area contributed by atoms with E-state index in [1.54, 1.807) is 11.0 Å². The minimum atomic E-state index is -0.478. The average molecular weight is 347 g/mol. The minimum absolute atomic E-state index is 0.251. The molecule has 0 bridgehead atoms. The first-order chi connectivity index (χ1) is 11.8. The molecule has 25 heavy (non-hydrogen) atoms. The first kappa shape index (κ1) is 17.7. The van der Waals surface area contributed by atoms with Crippen molar-refractivity contribution < 1.29 is 13.9 Å². The number of aryl methyl sites for hydroxylation is 1. The van der Waals surface area contributed by atoms with Crippen molar-refractivity contribution in [3.05, 3.63) is 29.8 Å². The lowest BCUT2D eigenvalue weighted by molar-refractivity contribution is 0.0189. The van der Waals surface area contributed by atoms with E-state index < -0.39 is 5.60 Å². The van der Waals surface area contributed by atoms with Gasteiger partial charge in [0.15, 0.2) is 0 Å². The smallest absolute Gasteiger partial charge is 0.410 e. The molecule has 1 aliphatic rings. The lowest BCUT2D eigenvalue weighted by atomic mass is 10.0. The molecule has 1 aliphatic heterocycles. The van der Waals surface area contributed by atoms with Crippen LogP contribution in [0.25, 0.3) is 11.0 Å². The lowest BCUT2D eigenvalue weighted by Crippen LogP contribution is -2.42. The highest BCUT2D eigenvalue weighted by Crippen LogP contribution is 2.30. The highest BCUT2D eigenvalue weighted by Gasteiger charge is 2.29. The van der Waals surface area contributed by atoms with Crippen LogP contribution in [0.3, 0.4) is 0 Å². The van der Waals surface area contributed by atoms with Gasteiger partial charge in [0.2, 0.25) is 0 Å². The largest absolute Gasteiger partial charge is 0.444 e. The van der Waals surface area contributed by atoms with Gasteiger partial charge in [0.25, 0.3) is 0 Å². The van der Waals surface area contributed by atoms with Crippen LogP contribution < -0.4 is 0 Å². The second-order valence-corrected chi connectivity index (χ2v) is 7.58. The number of hydrogen-bond donors (Lipinski definition) is 0. The molecule has 0 spiro atoms. The number of benzene rings is 1. The SMILES string of the molecule is CCc1nc2cc(F)ccc2n1C1CCN(C(=O)OC(C)(C)C)CC1. The number of ether oxygens (including phenoxy) is 1. The Morgan fingerprint density at radius 2 is 2.00 bits per heavy atom. The number of aromatic nitrogens is 2. The number of piperidine rings is 1. The van der Waals surface area contributed by atoms with Crippen LogP contribution >= 0.6 is 0 Å². The molecule has 2 heterocycles. The molecule has 0 aliphatic carbocycles. The summed E-state index contributed by atoms with van der Waals surface area (Å²) in [6.07, 6.45) is 2.23. The summed E-state index contributed by atoms with van der Waals surface area (Å²) in [5.41, 5.74) is 1.19. The quantitative estimate of drug-likeness (QED) is 0.813. The van der Waals surface area contributed by atoms with Gasteiger partial charge in [0.1, 0.15) is 17.2 Å². The predicted octanol–water partition coefficient (Wildman–Crippen LogP) is 4.31. The van der Waals surface area contributed by atoms with E-state index in [2.05, 4.69) is 16.5 Å². The number of likely N-dealkylation sites (tertiary alicyclic amines) is 1. The van der Waals surface area contributed by atoms with Crippen molar-refractivity contribution in [1.82, 2.24) is 14.5 Å². The molecule has 2 aromatic rings. The van der Waals surface area contributed by atoms with Crippen LogP contribution in [0.1, 0.15) is 52.4 Å². The van der Waals surface area contributed by atoms with Crippen LogP contribution in [0.2, 0.25) is 0 Å². The molecule has 0 radical (unpaired) electrons. The molecule has 5 nitrogen and oxygen atoms in total. The molecule has 1 fully saturated rings. The van der Waals surface area contributed by atoms with Crippen molar-refractivity contribution >= 4 is 17.1 Å². The van der Waals surface area contributed by atoms with Gasteiger partial charge >= 0.3 is 6.09 Å². The first-order valence-electron chi connectivity index (χ1n) is 8.93. The molecule has 0 N–H and O–H groups in total. The Labute approximate surface area is 147 Å². The van der Waals surface area contributed by atoms with Gasteiger partial charge in [0, 0.05) is 31.6 Å². The van der Waals surface area contributed by atoms with Gasteiger partial charge in [-0.15, -0.1) is 0 Å². The molecule has 3 rings (SSSR count). The number of rotatable bonds is 2. The predicted molar refractivity (Wildman–Crippen MR) is 95.1 cm³/mol. The Morgan fingerprint density at radius 1 is 1.32 bits per heavy atom. The van der Waals surface area contributed by atoms with Gasteiger partial charge in [0.05, 0.1) is 11.0 Å². The Kier molecular flexibility index (Phi) is 4.71. The molecule has 1 aromatic carbocycles.